The number of primary amides is 1. The molecule has 0 aliphatic rings. The van der Waals surface area contributed by atoms with Crippen LogP contribution in [0.3, 0.4) is 0 Å². The van der Waals surface area contributed by atoms with Gasteiger partial charge in [-0.3, -0.25) is 20.0 Å². The van der Waals surface area contributed by atoms with Crippen LogP contribution in [0.4, 0.5) is 11.5 Å². The Bertz CT molecular complexity index is 1090. The lowest BCUT2D eigenvalue weighted by Gasteiger charge is -2.03. The molecule has 3 N–H and O–H groups in total. The molecule has 3 rings (SSSR count). The first-order chi connectivity index (χ1) is 13.4. The second kappa shape index (κ2) is 8.01. The van der Waals surface area contributed by atoms with Gasteiger partial charge in [-0.2, -0.15) is 5.10 Å². The van der Waals surface area contributed by atoms with Crippen LogP contribution < -0.4 is 5.73 Å². The van der Waals surface area contributed by atoms with E-state index in [1.54, 1.807) is 24.3 Å². The highest BCUT2D eigenvalue weighted by Gasteiger charge is 2.19. The van der Waals surface area contributed by atoms with E-state index in [9.17, 15) is 14.9 Å². The first-order valence-electron chi connectivity index (χ1n) is 8.26. The van der Waals surface area contributed by atoms with Gasteiger partial charge in [-0.25, -0.2) is 4.99 Å². The molecule has 142 valence electrons. The predicted octanol–water partition coefficient (Wildman–Crippen LogP) is 3.72. The number of nitro groups is 1. The third-order valence-corrected chi connectivity index (χ3v) is 4.47. The molecule has 2 aromatic carbocycles. The van der Waals surface area contributed by atoms with Crippen molar-refractivity contribution in [2.24, 2.45) is 10.7 Å². The highest BCUT2D eigenvalue weighted by atomic mass is 35.5. The zero-order valence-corrected chi connectivity index (χ0v) is 15.6. The molecule has 0 aliphatic heterocycles. The number of amides is 1. The van der Waals surface area contributed by atoms with Crippen molar-refractivity contribution < 1.29 is 9.72 Å². The summed E-state index contributed by atoms with van der Waals surface area (Å²) in [5.74, 6) is -0.646. The van der Waals surface area contributed by atoms with Crippen LogP contribution in [0.15, 0.2) is 47.5 Å². The molecule has 3 aromatic rings. The number of carbonyl (C=O) groups is 1. The summed E-state index contributed by atoms with van der Waals surface area (Å²) in [5, 5.41) is 18.5. The average molecular weight is 398 g/mol. The number of benzene rings is 2. The van der Waals surface area contributed by atoms with Gasteiger partial charge in [-0.1, -0.05) is 35.9 Å². The van der Waals surface area contributed by atoms with Crippen LogP contribution >= 0.6 is 11.6 Å². The summed E-state index contributed by atoms with van der Waals surface area (Å²) >= 11 is 6.17. The van der Waals surface area contributed by atoms with Gasteiger partial charge in [-0.15, -0.1) is 0 Å². The van der Waals surface area contributed by atoms with Crippen molar-refractivity contribution in [3.63, 3.8) is 0 Å². The topological polar surface area (TPSA) is 127 Å². The zero-order chi connectivity index (χ0) is 20.3. The molecule has 0 aliphatic carbocycles. The molecule has 9 heteroatoms. The van der Waals surface area contributed by atoms with E-state index in [1.807, 2.05) is 19.1 Å². The number of nitro benzene ring substituents is 1. The molecular weight excluding hydrogens is 382 g/mol. The van der Waals surface area contributed by atoms with E-state index >= 15 is 0 Å². The van der Waals surface area contributed by atoms with E-state index in [0.717, 1.165) is 11.1 Å². The van der Waals surface area contributed by atoms with Gasteiger partial charge in [0.1, 0.15) is 5.56 Å². The first kappa shape index (κ1) is 19.2. The maximum Gasteiger partial charge on any atom is 0.278 e. The number of nitrogens with zero attached hydrogens (tertiary/aromatic N) is 3. The molecule has 0 saturated carbocycles. The number of H-pyrrole nitrogens is 1. The number of nitrogens with one attached hydrogen (secondary N) is 1. The third-order valence-electron chi connectivity index (χ3n) is 4.10. The number of hydrogen-bond acceptors (Lipinski definition) is 5. The van der Waals surface area contributed by atoms with Crippen LogP contribution in [-0.2, 0) is 6.42 Å². The highest BCUT2D eigenvalue weighted by Crippen LogP contribution is 2.25. The maximum absolute atomic E-state index is 12.0. The third kappa shape index (κ3) is 4.07. The van der Waals surface area contributed by atoms with E-state index in [4.69, 9.17) is 17.3 Å². The summed E-state index contributed by atoms with van der Waals surface area (Å²) < 4.78 is 0. The lowest BCUT2D eigenvalue weighted by molar-refractivity contribution is -0.385. The van der Waals surface area contributed by atoms with Crippen LogP contribution in [0.1, 0.15) is 32.7 Å². The minimum atomic E-state index is -0.707. The molecule has 8 nitrogen and oxygen atoms in total. The summed E-state index contributed by atoms with van der Waals surface area (Å²) in [4.78, 5) is 26.8. The fourth-order valence-corrected chi connectivity index (χ4v) is 2.96. The second-order valence-corrected chi connectivity index (χ2v) is 6.52. The monoisotopic (exact) mass is 397 g/mol. The smallest absolute Gasteiger partial charge is 0.278 e. The van der Waals surface area contributed by atoms with Gasteiger partial charge in [0.2, 0.25) is 0 Å². The highest BCUT2D eigenvalue weighted by molar-refractivity contribution is 6.31. The molecule has 0 spiro atoms. The van der Waals surface area contributed by atoms with Crippen molar-refractivity contribution in [3.05, 3.63) is 85.5 Å². The molecule has 0 saturated heterocycles. The van der Waals surface area contributed by atoms with E-state index in [0.29, 0.717) is 22.7 Å². The largest absolute Gasteiger partial charge is 0.365 e. The maximum atomic E-state index is 12.0. The molecule has 0 bridgehead atoms. The Kier molecular flexibility index (Phi) is 5.51. The van der Waals surface area contributed by atoms with Crippen LogP contribution in [0.2, 0.25) is 5.02 Å². The Balaban J connectivity index is 1.98. The minimum Gasteiger partial charge on any atom is -0.365 e. The number of carbonyl (C=O) groups excluding carboxylic acids is 1. The van der Waals surface area contributed by atoms with Gasteiger partial charge < -0.3 is 5.73 Å². The SMILES string of the molecule is Cc1ccc([N+](=O)[O-])c(C=Nc2n[nH]c(Cc3ccccc3Cl)c2C(N)=O)c1. The van der Waals surface area contributed by atoms with Crippen LogP contribution in [0, 0.1) is 17.0 Å². The molecule has 1 heterocycles. The van der Waals surface area contributed by atoms with Crippen molar-refractivity contribution in [1.29, 1.82) is 0 Å². The van der Waals surface area contributed by atoms with E-state index in [-0.39, 0.29) is 17.1 Å². The number of hydrogen-bond donors (Lipinski definition) is 2. The Labute approximate surface area is 165 Å². The first-order valence-corrected chi connectivity index (χ1v) is 8.64. The molecule has 0 atom stereocenters. The van der Waals surface area contributed by atoms with Gasteiger partial charge in [0, 0.05) is 23.7 Å². The number of aliphatic imine (C=N–C) groups is 1. The van der Waals surface area contributed by atoms with E-state index in [2.05, 4.69) is 15.2 Å². The van der Waals surface area contributed by atoms with Crippen LogP contribution in [-0.4, -0.2) is 27.2 Å². The fourth-order valence-electron chi connectivity index (χ4n) is 2.75. The summed E-state index contributed by atoms with van der Waals surface area (Å²) in [7, 11) is 0. The summed E-state index contributed by atoms with van der Waals surface area (Å²) in [6.45, 7) is 1.81. The number of nitrogens with two attached hydrogens (primary N) is 1. The zero-order valence-electron chi connectivity index (χ0n) is 14.8. The van der Waals surface area contributed by atoms with Gasteiger partial charge in [-0.05, 0) is 30.2 Å². The van der Waals surface area contributed by atoms with E-state index < -0.39 is 10.8 Å². The normalized spacial score (nSPS) is 11.1. The Morgan fingerprint density at radius 1 is 1.36 bits per heavy atom. The second-order valence-electron chi connectivity index (χ2n) is 6.11. The Morgan fingerprint density at radius 3 is 2.79 bits per heavy atom. The van der Waals surface area contributed by atoms with Crippen molar-refractivity contribution in [3.8, 4) is 0 Å². The van der Waals surface area contributed by atoms with Gasteiger partial charge in [0.25, 0.3) is 11.6 Å². The quantitative estimate of drug-likeness (QED) is 0.373. The molecule has 0 radical (unpaired) electrons. The molecule has 28 heavy (non-hydrogen) atoms. The summed E-state index contributed by atoms with van der Waals surface area (Å²) in [6.07, 6.45) is 1.61. The van der Waals surface area contributed by atoms with Crippen molar-refractivity contribution in [1.82, 2.24) is 10.2 Å². The van der Waals surface area contributed by atoms with Crippen molar-refractivity contribution in [2.75, 3.05) is 0 Å². The Morgan fingerprint density at radius 2 is 2.11 bits per heavy atom. The number of rotatable bonds is 6. The number of aromatic amines is 1. The van der Waals surface area contributed by atoms with Crippen LogP contribution in [0.25, 0.3) is 0 Å². The molecule has 0 unspecified atom stereocenters. The standard InChI is InChI=1S/C19H16ClN5O3/c1-11-6-7-16(25(27)28)13(8-11)10-22-19-17(18(21)26)15(23-24-19)9-12-4-2-3-5-14(12)20/h2-8,10H,9H2,1H3,(H2,21,26)(H,23,24). The number of aromatic nitrogens is 2. The number of aryl methyl sites for hydroxylation is 1. The lowest BCUT2D eigenvalue weighted by atomic mass is 10.1. The molecular formula is C19H16ClN5O3. The fraction of sp³-hybridized carbons (Fsp3) is 0.105. The minimum absolute atomic E-state index is 0.0605. The van der Waals surface area contributed by atoms with Gasteiger partial charge >= 0.3 is 0 Å². The molecule has 1 amide bonds. The van der Waals surface area contributed by atoms with Crippen LogP contribution in [0.5, 0.6) is 0 Å². The molecule has 0 fully saturated rings. The molecule has 1 aromatic heterocycles. The van der Waals surface area contributed by atoms with Gasteiger partial charge in [0.05, 0.1) is 16.2 Å². The van der Waals surface area contributed by atoms with Crippen molar-refractivity contribution in [2.45, 2.75) is 13.3 Å². The van der Waals surface area contributed by atoms with E-state index in [1.165, 1.54) is 12.3 Å². The Hall–Kier alpha value is -3.52. The predicted molar refractivity (Wildman–Crippen MR) is 106 cm³/mol. The summed E-state index contributed by atoms with van der Waals surface area (Å²) in [5.41, 5.74) is 7.93. The van der Waals surface area contributed by atoms with Crippen molar-refractivity contribution >= 4 is 35.2 Å². The van der Waals surface area contributed by atoms with Gasteiger partial charge in [0.15, 0.2) is 5.82 Å². The summed E-state index contributed by atoms with van der Waals surface area (Å²) in [6, 6.07) is 11.9. The average Bonchev–Trinajstić information content (AvgIpc) is 3.04. The lowest BCUT2D eigenvalue weighted by Crippen LogP contribution is -2.13. The number of halogens is 1.